The summed E-state index contributed by atoms with van der Waals surface area (Å²) in [6, 6.07) is 0.424. The molecule has 1 aliphatic heterocycles. The number of carboxylic acids is 1. The summed E-state index contributed by atoms with van der Waals surface area (Å²) in [5.74, 6) is 1.14. The second-order valence-corrected chi connectivity index (χ2v) is 6.18. The minimum Gasteiger partial charge on any atom is -0.481 e. The molecular formula is C12H20N2O3S. The third-order valence-corrected chi connectivity index (χ3v) is 4.68. The Morgan fingerprint density at radius 1 is 1.44 bits per heavy atom. The second kappa shape index (κ2) is 5.93. The van der Waals surface area contributed by atoms with Crippen LogP contribution in [-0.4, -0.2) is 70.5 Å². The Hall–Kier alpha value is -0.750. The number of thioether (sulfide) groups is 1. The Bertz CT molecular complexity index is 333. The maximum absolute atomic E-state index is 12.1. The highest BCUT2D eigenvalue weighted by molar-refractivity contribution is 7.99. The first-order valence-corrected chi connectivity index (χ1v) is 7.52. The third-order valence-electron chi connectivity index (χ3n) is 3.59. The Morgan fingerprint density at radius 2 is 2.17 bits per heavy atom. The van der Waals surface area contributed by atoms with Gasteiger partial charge in [0.1, 0.15) is 0 Å². The molecule has 1 heterocycles. The van der Waals surface area contributed by atoms with Gasteiger partial charge in [-0.2, -0.15) is 11.8 Å². The molecule has 1 unspecified atom stereocenters. The second-order valence-electron chi connectivity index (χ2n) is 5.03. The lowest BCUT2D eigenvalue weighted by atomic mass is 10.2. The van der Waals surface area contributed by atoms with Gasteiger partial charge in [0.15, 0.2) is 0 Å². The van der Waals surface area contributed by atoms with Crippen LogP contribution in [0.15, 0.2) is 0 Å². The van der Waals surface area contributed by atoms with Crippen LogP contribution < -0.4 is 0 Å². The molecule has 1 atom stereocenters. The molecule has 1 amide bonds. The topological polar surface area (TPSA) is 60.9 Å². The standard InChI is InChI=1S/C12H20N2O3S/c1-13(9-2-3-9)11(15)7-14-4-5-18-8-10(14)6-12(16)17/h9-10H,2-8H2,1H3,(H,16,17). The van der Waals surface area contributed by atoms with Crippen molar-refractivity contribution in [3.8, 4) is 0 Å². The molecular weight excluding hydrogens is 252 g/mol. The molecule has 1 saturated carbocycles. The van der Waals surface area contributed by atoms with Gasteiger partial charge in [0.2, 0.25) is 5.91 Å². The normalized spacial score (nSPS) is 24.8. The summed E-state index contributed by atoms with van der Waals surface area (Å²) in [4.78, 5) is 26.7. The van der Waals surface area contributed by atoms with E-state index in [0.29, 0.717) is 12.6 Å². The summed E-state index contributed by atoms with van der Waals surface area (Å²) in [5.41, 5.74) is 0. The number of nitrogens with zero attached hydrogens (tertiary/aromatic N) is 2. The lowest BCUT2D eigenvalue weighted by Crippen LogP contribution is -2.48. The van der Waals surface area contributed by atoms with Crippen LogP contribution in [-0.2, 0) is 9.59 Å². The fourth-order valence-electron chi connectivity index (χ4n) is 2.24. The molecule has 6 heteroatoms. The van der Waals surface area contributed by atoms with Crippen molar-refractivity contribution in [3.05, 3.63) is 0 Å². The van der Waals surface area contributed by atoms with Crippen LogP contribution in [0.2, 0.25) is 0 Å². The minimum absolute atomic E-state index is 0.00203. The maximum atomic E-state index is 12.1. The smallest absolute Gasteiger partial charge is 0.304 e. The van der Waals surface area contributed by atoms with Gasteiger partial charge in [0, 0.05) is 37.2 Å². The zero-order valence-corrected chi connectivity index (χ0v) is 11.5. The van der Waals surface area contributed by atoms with E-state index in [0.717, 1.165) is 30.9 Å². The number of carbonyl (C=O) groups excluding carboxylic acids is 1. The summed E-state index contributed by atoms with van der Waals surface area (Å²) < 4.78 is 0. The van der Waals surface area contributed by atoms with Crippen molar-refractivity contribution >= 4 is 23.6 Å². The van der Waals surface area contributed by atoms with Gasteiger partial charge in [0.05, 0.1) is 13.0 Å². The van der Waals surface area contributed by atoms with Crippen molar-refractivity contribution in [2.45, 2.75) is 31.3 Å². The first-order chi connectivity index (χ1) is 8.58. The van der Waals surface area contributed by atoms with Gasteiger partial charge in [-0.3, -0.25) is 14.5 Å². The predicted octanol–water partition coefficient (Wildman–Crippen LogP) is 0.499. The largest absolute Gasteiger partial charge is 0.481 e. The number of rotatable bonds is 5. The Balaban J connectivity index is 1.87. The van der Waals surface area contributed by atoms with E-state index in [2.05, 4.69) is 0 Å². The first-order valence-electron chi connectivity index (χ1n) is 6.37. The maximum Gasteiger partial charge on any atom is 0.304 e. The molecule has 1 N–H and O–H groups in total. The highest BCUT2D eigenvalue weighted by Crippen LogP contribution is 2.26. The van der Waals surface area contributed by atoms with Crippen LogP contribution in [0.1, 0.15) is 19.3 Å². The number of carboxylic acid groups (broad SMARTS) is 1. The molecule has 18 heavy (non-hydrogen) atoms. The van der Waals surface area contributed by atoms with E-state index in [1.54, 1.807) is 11.8 Å². The Morgan fingerprint density at radius 3 is 2.78 bits per heavy atom. The molecule has 102 valence electrons. The van der Waals surface area contributed by atoms with Gasteiger partial charge in [-0.1, -0.05) is 0 Å². The van der Waals surface area contributed by atoms with Crippen molar-refractivity contribution in [1.29, 1.82) is 0 Å². The quantitative estimate of drug-likeness (QED) is 0.789. The average Bonchev–Trinajstić information content (AvgIpc) is 3.14. The summed E-state index contributed by atoms with van der Waals surface area (Å²) in [6.45, 7) is 1.18. The zero-order valence-electron chi connectivity index (χ0n) is 10.7. The highest BCUT2D eigenvalue weighted by Gasteiger charge is 2.32. The van der Waals surface area contributed by atoms with Gasteiger partial charge in [-0.05, 0) is 12.8 Å². The number of amides is 1. The zero-order chi connectivity index (χ0) is 13.1. The van der Waals surface area contributed by atoms with Crippen LogP contribution in [0.4, 0.5) is 0 Å². The van der Waals surface area contributed by atoms with E-state index in [4.69, 9.17) is 5.11 Å². The van der Waals surface area contributed by atoms with Crippen LogP contribution in [0.3, 0.4) is 0 Å². The monoisotopic (exact) mass is 272 g/mol. The van der Waals surface area contributed by atoms with Gasteiger partial charge in [-0.25, -0.2) is 0 Å². The summed E-state index contributed by atoms with van der Waals surface area (Å²) >= 11 is 1.77. The highest BCUT2D eigenvalue weighted by atomic mass is 32.2. The Labute approximate surface area is 112 Å². The van der Waals surface area contributed by atoms with Crippen molar-refractivity contribution in [2.75, 3.05) is 31.6 Å². The number of carbonyl (C=O) groups is 2. The number of likely N-dealkylation sites (N-methyl/N-ethyl adjacent to an activating group) is 1. The van der Waals surface area contributed by atoms with Crippen LogP contribution in [0.25, 0.3) is 0 Å². The molecule has 5 nitrogen and oxygen atoms in total. The SMILES string of the molecule is CN(C(=O)CN1CCSCC1CC(=O)O)C1CC1. The van der Waals surface area contributed by atoms with Gasteiger partial charge in [0.25, 0.3) is 0 Å². The lowest BCUT2D eigenvalue weighted by Gasteiger charge is -2.35. The van der Waals surface area contributed by atoms with E-state index in [-0.39, 0.29) is 18.4 Å². The van der Waals surface area contributed by atoms with Crippen molar-refractivity contribution in [3.63, 3.8) is 0 Å². The van der Waals surface area contributed by atoms with Gasteiger partial charge < -0.3 is 10.0 Å². The molecule has 2 aliphatic rings. The molecule has 0 aromatic heterocycles. The lowest BCUT2D eigenvalue weighted by molar-refractivity contribution is -0.139. The third kappa shape index (κ3) is 3.62. The molecule has 0 aromatic rings. The van der Waals surface area contributed by atoms with Crippen LogP contribution in [0.5, 0.6) is 0 Å². The van der Waals surface area contributed by atoms with E-state index in [9.17, 15) is 9.59 Å². The summed E-state index contributed by atoms with van der Waals surface area (Å²) in [7, 11) is 1.85. The van der Waals surface area contributed by atoms with E-state index in [1.807, 2.05) is 16.8 Å². The average molecular weight is 272 g/mol. The predicted molar refractivity (Wildman–Crippen MR) is 70.7 cm³/mol. The van der Waals surface area contributed by atoms with Crippen LogP contribution in [0, 0.1) is 0 Å². The molecule has 0 spiro atoms. The molecule has 0 radical (unpaired) electrons. The van der Waals surface area contributed by atoms with E-state index < -0.39 is 5.97 Å². The molecule has 1 aliphatic carbocycles. The fraction of sp³-hybridized carbons (Fsp3) is 0.833. The molecule has 0 bridgehead atoms. The molecule has 0 aromatic carbocycles. The number of hydrogen-bond donors (Lipinski definition) is 1. The fourth-order valence-corrected chi connectivity index (χ4v) is 3.37. The van der Waals surface area contributed by atoms with Crippen molar-refractivity contribution in [2.24, 2.45) is 0 Å². The van der Waals surface area contributed by atoms with Crippen LogP contribution >= 0.6 is 11.8 Å². The van der Waals surface area contributed by atoms with Gasteiger partial charge in [-0.15, -0.1) is 0 Å². The molecule has 1 saturated heterocycles. The Kier molecular flexibility index (Phi) is 4.50. The first kappa shape index (κ1) is 13.7. The molecule has 2 fully saturated rings. The summed E-state index contributed by atoms with van der Waals surface area (Å²) in [6.07, 6.45) is 2.35. The number of hydrogen-bond acceptors (Lipinski definition) is 4. The summed E-state index contributed by atoms with van der Waals surface area (Å²) in [5, 5.41) is 8.89. The van der Waals surface area contributed by atoms with Gasteiger partial charge >= 0.3 is 5.97 Å². The minimum atomic E-state index is -0.782. The number of aliphatic carboxylic acids is 1. The van der Waals surface area contributed by atoms with Crippen molar-refractivity contribution < 1.29 is 14.7 Å². The van der Waals surface area contributed by atoms with E-state index in [1.165, 1.54) is 0 Å². The van der Waals surface area contributed by atoms with Crippen molar-refractivity contribution in [1.82, 2.24) is 9.80 Å². The van der Waals surface area contributed by atoms with E-state index >= 15 is 0 Å². The molecule has 2 rings (SSSR count).